The van der Waals surface area contributed by atoms with Gasteiger partial charge < -0.3 is 10.2 Å². The molecule has 0 atom stereocenters. The van der Waals surface area contributed by atoms with Crippen molar-refractivity contribution in [2.45, 2.75) is 46.0 Å². The number of nitrogens with one attached hydrogen (secondary N) is 1. The van der Waals surface area contributed by atoms with Gasteiger partial charge in [0.2, 0.25) is 11.8 Å². The molecule has 0 aromatic heterocycles. The van der Waals surface area contributed by atoms with Crippen molar-refractivity contribution in [3.05, 3.63) is 34.9 Å². The van der Waals surface area contributed by atoms with Gasteiger partial charge in [0.1, 0.15) is 0 Å². The lowest BCUT2D eigenvalue weighted by Gasteiger charge is -2.21. The van der Waals surface area contributed by atoms with Crippen LogP contribution < -0.4 is 5.32 Å². The van der Waals surface area contributed by atoms with E-state index in [-0.39, 0.29) is 18.4 Å². The lowest BCUT2D eigenvalue weighted by molar-refractivity contribution is -0.135. The fourth-order valence-electron chi connectivity index (χ4n) is 2.99. The third kappa shape index (κ3) is 4.33. The van der Waals surface area contributed by atoms with Gasteiger partial charge in [0, 0.05) is 13.1 Å². The first kappa shape index (κ1) is 16.5. The van der Waals surface area contributed by atoms with Crippen molar-refractivity contribution in [1.82, 2.24) is 10.2 Å². The van der Waals surface area contributed by atoms with Gasteiger partial charge in [0.05, 0.1) is 13.0 Å². The van der Waals surface area contributed by atoms with Gasteiger partial charge >= 0.3 is 0 Å². The number of amides is 2. The normalized spacial score (nSPS) is 13.4. The molecule has 0 heterocycles. The SMILES string of the molecule is CCNC(=O)CN(CC)C(=O)Cc1ccc2c(c1)CCCC2. The van der Waals surface area contributed by atoms with Crippen molar-refractivity contribution in [2.24, 2.45) is 0 Å². The zero-order chi connectivity index (χ0) is 15.9. The summed E-state index contributed by atoms with van der Waals surface area (Å²) in [5.41, 5.74) is 3.88. The Bertz CT molecular complexity index is 540. The van der Waals surface area contributed by atoms with E-state index in [1.54, 1.807) is 4.90 Å². The van der Waals surface area contributed by atoms with Gasteiger partial charge in [0.25, 0.3) is 0 Å². The van der Waals surface area contributed by atoms with E-state index < -0.39 is 0 Å². The molecule has 2 rings (SSSR count). The molecule has 1 aliphatic rings. The van der Waals surface area contributed by atoms with Crippen LogP contribution in [-0.4, -0.2) is 36.3 Å². The fourth-order valence-corrected chi connectivity index (χ4v) is 2.99. The molecule has 0 fully saturated rings. The molecule has 0 bridgehead atoms. The first-order chi connectivity index (χ1) is 10.6. The van der Waals surface area contributed by atoms with Crippen molar-refractivity contribution >= 4 is 11.8 Å². The summed E-state index contributed by atoms with van der Waals surface area (Å²) in [5, 5.41) is 2.74. The van der Waals surface area contributed by atoms with Gasteiger partial charge in [-0.1, -0.05) is 18.2 Å². The lowest BCUT2D eigenvalue weighted by Crippen LogP contribution is -2.41. The van der Waals surface area contributed by atoms with E-state index in [0.717, 1.165) is 18.4 Å². The second-order valence-electron chi connectivity index (χ2n) is 5.85. The maximum Gasteiger partial charge on any atom is 0.239 e. The van der Waals surface area contributed by atoms with Gasteiger partial charge in [-0.25, -0.2) is 0 Å². The molecule has 1 aliphatic carbocycles. The highest BCUT2D eigenvalue weighted by Gasteiger charge is 2.17. The molecule has 120 valence electrons. The summed E-state index contributed by atoms with van der Waals surface area (Å²) in [5.74, 6) is -0.0762. The van der Waals surface area contributed by atoms with Gasteiger partial charge in [-0.2, -0.15) is 0 Å². The van der Waals surface area contributed by atoms with Crippen molar-refractivity contribution < 1.29 is 9.59 Å². The molecular weight excluding hydrogens is 276 g/mol. The zero-order valence-electron chi connectivity index (χ0n) is 13.7. The summed E-state index contributed by atoms with van der Waals surface area (Å²) in [7, 11) is 0. The van der Waals surface area contributed by atoms with Crippen LogP contribution in [-0.2, 0) is 28.9 Å². The number of hydrogen-bond donors (Lipinski definition) is 1. The Morgan fingerprint density at radius 1 is 1.14 bits per heavy atom. The summed E-state index contributed by atoms with van der Waals surface area (Å²) in [6.07, 6.45) is 5.15. The maximum atomic E-state index is 12.4. The molecule has 22 heavy (non-hydrogen) atoms. The molecule has 4 nitrogen and oxygen atoms in total. The quantitative estimate of drug-likeness (QED) is 0.875. The Kier molecular flexibility index (Phi) is 5.99. The molecule has 0 aliphatic heterocycles. The molecule has 1 N–H and O–H groups in total. The largest absolute Gasteiger partial charge is 0.355 e. The molecule has 0 radical (unpaired) electrons. The van der Waals surface area contributed by atoms with Crippen molar-refractivity contribution in [2.75, 3.05) is 19.6 Å². The minimum absolute atomic E-state index is 0.0181. The standard InChI is InChI=1S/C18H26N2O2/c1-3-19-17(21)13-20(4-2)18(22)12-14-9-10-15-7-5-6-8-16(15)11-14/h9-11H,3-8,12-13H2,1-2H3,(H,19,21). The molecule has 0 unspecified atom stereocenters. The number of carbonyl (C=O) groups is 2. The number of likely N-dealkylation sites (N-methyl/N-ethyl adjacent to an activating group) is 2. The van der Waals surface area contributed by atoms with Crippen molar-refractivity contribution in [1.29, 1.82) is 0 Å². The van der Waals surface area contributed by atoms with Crippen LogP contribution in [0.3, 0.4) is 0 Å². The first-order valence-corrected chi connectivity index (χ1v) is 8.29. The van der Waals surface area contributed by atoms with E-state index in [1.165, 1.54) is 24.0 Å². The van der Waals surface area contributed by atoms with Gasteiger partial charge in [0.15, 0.2) is 0 Å². The van der Waals surface area contributed by atoms with Crippen LogP contribution in [0.25, 0.3) is 0 Å². The summed E-state index contributed by atoms with van der Waals surface area (Å²) in [6.45, 7) is 5.08. The van der Waals surface area contributed by atoms with Gasteiger partial charge in [-0.05, 0) is 56.2 Å². The number of fused-ring (bicyclic) bond motifs is 1. The minimum Gasteiger partial charge on any atom is -0.355 e. The number of rotatable bonds is 6. The molecule has 1 aromatic carbocycles. The van der Waals surface area contributed by atoms with Crippen LogP contribution in [0.2, 0.25) is 0 Å². The van der Waals surface area contributed by atoms with E-state index in [0.29, 0.717) is 19.5 Å². The van der Waals surface area contributed by atoms with E-state index in [9.17, 15) is 9.59 Å². The highest BCUT2D eigenvalue weighted by Crippen LogP contribution is 2.22. The third-order valence-electron chi connectivity index (χ3n) is 4.21. The lowest BCUT2D eigenvalue weighted by atomic mass is 9.90. The number of carbonyl (C=O) groups excluding carboxylic acids is 2. The predicted molar refractivity (Wildman–Crippen MR) is 87.7 cm³/mol. The first-order valence-electron chi connectivity index (χ1n) is 8.29. The Balaban J connectivity index is 1.99. The Labute approximate surface area is 132 Å². The van der Waals surface area contributed by atoms with Crippen LogP contribution >= 0.6 is 0 Å². The minimum atomic E-state index is -0.0943. The molecule has 0 saturated carbocycles. The van der Waals surface area contributed by atoms with Crippen molar-refractivity contribution in [3.8, 4) is 0 Å². The van der Waals surface area contributed by atoms with Gasteiger partial charge in [-0.3, -0.25) is 9.59 Å². The molecule has 4 heteroatoms. The highest BCUT2D eigenvalue weighted by atomic mass is 16.2. The van der Waals surface area contributed by atoms with Crippen LogP contribution in [0.5, 0.6) is 0 Å². The van der Waals surface area contributed by atoms with Crippen LogP contribution in [0, 0.1) is 0 Å². The van der Waals surface area contributed by atoms with Crippen LogP contribution in [0.4, 0.5) is 0 Å². The summed E-state index contributed by atoms with van der Waals surface area (Å²) >= 11 is 0. The number of aryl methyl sites for hydroxylation is 2. The van der Waals surface area contributed by atoms with E-state index >= 15 is 0 Å². The number of hydrogen-bond acceptors (Lipinski definition) is 2. The van der Waals surface area contributed by atoms with Crippen LogP contribution in [0.15, 0.2) is 18.2 Å². The van der Waals surface area contributed by atoms with E-state index in [2.05, 4.69) is 23.5 Å². The second kappa shape index (κ2) is 7.97. The molecule has 2 amide bonds. The smallest absolute Gasteiger partial charge is 0.239 e. The molecular formula is C18H26N2O2. The predicted octanol–water partition coefficient (Wildman–Crippen LogP) is 2.09. The van der Waals surface area contributed by atoms with Gasteiger partial charge in [-0.15, -0.1) is 0 Å². The Morgan fingerprint density at radius 2 is 1.86 bits per heavy atom. The highest BCUT2D eigenvalue weighted by molar-refractivity contribution is 5.85. The summed E-state index contributed by atoms with van der Waals surface area (Å²) in [6, 6.07) is 6.39. The summed E-state index contributed by atoms with van der Waals surface area (Å²) < 4.78 is 0. The Hall–Kier alpha value is -1.84. The van der Waals surface area contributed by atoms with Crippen molar-refractivity contribution in [3.63, 3.8) is 0 Å². The monoisotopic (exact) mass is 302 g/mol. The average Bonchev–Trinajstić information content (AvgIpc) is 2.52. The third-order valence-corrected chi connectivity index (χ3v) is 4.21. The molecule has 1 aromatic rings. The average molecular weight is 302 g/mol. The summed E-state index contributed by atoms with van der Waals surface area (Å²) in [4.78, 5) is 25.7. The maximum absolute atomic E-state index is 12.4. The number of benzene rings is 1. The van der Waals surface area contributed by atoms with E-state index in [4.69, 9.17) is 0 Å². The van der Waals surface area contributed by atoms with Crippen LogP contribution in [0.1, 0.15) is 43.4 Å². The topological polar surface area (TPSA) is 49.4 Å². The number of nitrogens with zero attached hydrogens (tertiary/aromatic N) is 1. The van der Waals surface area contributed by atoms with E-state index in [1.807, 2.05) is 13.8 Å². The molecule has 0 saturated heterocycles. The second-order valence-corrected chi connectivity index (χ2v) is 5.85. The Morgan fingerprint density at radius 3 is 2.55 bits per heavy atom. The molecule has 0 spiro atoms. The zero-order valence-corrected chi connectivity index (χ0v) is 13.7. The fraction of sp³-hybridized carbons (Fsp3) is 0.556.